The molecule has 182 valence electrons. The quantitative estimate of drug-likeness (QED) is 0.516. The van der Waals surface area contributed by atoms with E-state index in [1.807, 2.05) is 55.4 Å². The van der Waals surface area contributed by atoms with Gasteiger partial charge in [0.2, 0.25) is 0 Å². The number of allylic oxidation sites excluding steroid dienone is 1. The second kappa shape index (κ2) is 10.1. The Balaban J connectivity index is 2.90. The van der Waals surface area contributed by atoms with Crippen molar-refractivity contribution in [2.45, 2.75) is 85.2 Å². The first-order valence-electron chi connectivity index (χ1n) is 11.3. The molecule has 0 aliphatic carbocycles. The smallest absolute Gasteiger partial charge is 0.282 e. The molecule has 1 heterocycles. The van der Waals surface area contributed by atoms with Crippen molar-refractivity contribution in [3.63, 3.8) is 0 Å². The van der Waals surface area contributed by atoms with Crippen molar-refractivity contribution in [2.75, 3.05) is 13.1 Å². The van der Waals surface area contributed by atoms with E-state index in [-0.39, 0.29) is 10.4 Å². The van der Waals surface area contributed by atoms with Crippen molar-refractivity contribution in [3.05, 3.63) is 40.4 Å². The van der Waals surface area contributed by atoms with Crippen LogP contribution in [0.3, 0.4) is 0 Å². The monoisotopic (exact) mass is 490 g/mol. The zero-order chi connectivity index (χ0) is 25.2. The molecular formula is C25H38N4O2S2. The summed E-state index contributed by atoms with van der Waals surface area (Å²) < 4.78 is 31.1. The zero-order valence-electron chi connectivity index (χ0n) is 21.6. The zero-order valence-corrected chi connectivity index (χ0v) is 23.3. The fourth-order valence-electron chi connectivity index (χ4n) is 3.22. The van der Waals surface area contributed by atoms with Crippen LogP contribution in [-0.4, -0.2) is 54.0 Å². The molecule has 0 aromatic heterocycles. The SMILES string of the molecule is CCN(CC)C1=C(C)C(=NS(=O)(=O)c2ccc(C)cc2)C(=NC(C)(C)C)C(=NC(C)(C)C)S1. The van der Waals surface area contributed by atoms with Crippen LogP contribution < -0.4 is 0 Å². The van der Waals surface area contributed by atoms with Gasteiger partial charge in [-0.1, -0.05) is 29.5 Å². The van der Waals surface area contributed by atoms with Gasteiger partial charge in [-0.3, -0.25) is 9.98 Å². The Morgan fingerprint density at radius 3 is 1.82 bits per heavy atom. The molecule has 0 atom stereocenters. The fourth-order valence-corrected chi connectivity index (χ4v) is 5.65. The van der Waals surface area contributed by atoms with Crippen LogP contribution in [0.1, 0.15) is 67.9 Å². The summed E-state index contributed by atoms with van der Waals surface area (Å²) in [4.78, 5) is 12.2. The Hall–Kier alpha value is -1.93. The summed E-state index contributed by atoms with van der Waals surface area (Å²) in [5, 5.41) is 1.66. The molecule has 1 aliphatic rings. The van der Waals surface area contributed by atoms with Crippen molar-refractivity contribution < 1.29 is 8.42 Å². The van der Waals surface area contributed by atoms with Crippen LogP contribution in [0.5, 0.6) is 0 Å². The summed E-state index contributed by atoms with van der Waals surface area (Å²) in [5.41, 5.74) is 1.90. The van der Waals surface area contributed by atoms with Crippen molar-refractivity contribution in [2.24, 2.45) is 14.4 Å². The highest BCUT2D eigenvalue weighted by Gasteiger charge is 2.34. The van der Waals surface area contributed by atoms with Gasteiger partial charge in [-0.25, -0.2) is 0 Å². The third-order valence-electron chi connectivity index (χ3n) is 4.76. The van der Waals surface area contributed by atoms with E-state index in [1.165, 1.54) is 0 Å². The molecule has 0 saturated heterocycles. The lowest BCUT2D eigenvalue weighted by molar-refractivity contribution is 0.407. The number of sulfonamides is 1. The van der Waals surface area contributed by atoms with E-state index in [4.69, 9.17) is 9.98 Å². The van der Waals surface area contributed by atoms with Gasteiger partial charge in [-0.15, -0.1) is 0 Å². The van der Waals surface area contributed by atoms with Crippen LogP contribution in [0.15, 0.2) is 54.1 Å². The third kappa shape index (κ3) is 7.27. The summed E-state index contributed by atoms with van der Waals surface area (Å²) in [6, 6.07) is 6.76. The number of nitrogens with zero attached hydrogens (tertiary/aromatic N) is 4. The number of aryl methyl sites for hydroxylation is 1. The van der Waals surface area contributed by atoms with Gasteiger partial charge in [0.15, 0.2) is 0 Å². The van der Waals surface area contributed by atoms with Crippen LogP contribution in [0, 0.1) is 6.92 Å². The predicted octanol–water partition coefficient (Wildman–Crippen LogP) is 5.88. The standard InChI is InChI=1S/C25H38N4O2S2/c1-11-29(12-2)23-18(4)20(28-33(30,31)19-15-13-17(3)14-16-19)21(26-24(5,6)7)22(32-23)27-25(8,9)10/h13-16H,11-12H2,1-10H3. The summed E-state index contributed by atoms with van der Waals surface area (Å²) in [6.07, 6.45) is 0. The van der Waals surface area contributed by atoms with E-state index >= 15 is 0 Å². The minimum atomic E-state index is -3.94. The molecule has 0 bridgehead atoms. The molecule has 0 saturated carbocycles. The Morgan fingerprint density at radius 1 is 0.848 bits per heavy atom. The molecule has 1 aromatic carbocycles. The number of hydrogen-bond donors (Lipinski definition) is 0. The molecule has 0 radical (unpaired) electrons. The largest absolute Gasteiger partial charge is 0.366 e. The number of hydrogen-bond acceptors (Lipinski definition) is 6. The van der Waals surface area contributed by atoms with Crippen molar-refractivity contribution >= 4 is 38.3 Å². The second-order valence-electron chi connectivity index (χ2n) is 10.2. The van der Waals surface area contributed by atoms with Crippen molar-refractivity contribution in [1.29, 1.82) is 0 Å². The lowest BCUT2D eigenvalue weighted by atomic mass is 10.0. The maximum absolute atomic E-state index is 13.4. The van der Waals surface area contributed by atoms with Crippen LogP contribution in [0.2, 0.25) is 0 Å². The van der Waals surface area contributed by atoms with Crippen LogP contribution >= 0.6 is 11.8 Å². The van der Waals surface area contributed by atoms with E-state index in [1.54, 1.807) is 36.0 Å². The Morgan fingerprint density at radius 2 is 1.36 bits per heavy atom. The Labute approximate surface area is 204 Å². The average molecular weight is 491 g/mol. The van der Waals surface area contributed by atoms with Crippen molar-refractivity contribution in [3.8, 4) is 0 Å². The molecule has 0 amide bonds. The van der Waals surface area contributed by atoms with Gasteiger partial charge in [-0.05, 0) is 81.4 Å². The molecule has 1 aliphatic heterocycles. The highest BCUT2D eigenvalue weighted by atomic mass is 32.2. The molecule has 8 heteroatoms. The summed E-state index contributed by atoms with van der Waals surface area (Å²) >= 11 is 1.55. The summed E-state index contributed by atoms with van der Waals surface area (Å²) in [5.74, 6) is 0. The van der Waals surface area contributed by atoms with E-state index < -0.39 is 15.6 Å². The lowest BCUT2D eigenvalue weighted by Gasteiger charge is -2.32. The number of aliphatic imine (C=N–C) groups is 2. The predicted molar refractivity (Wildman–Crippen MR) is 143 cm³/mol. The highest BCUT2D eigenvalue weighted by molar-refractivity contribution is 8.19. The van der Waals surface area contributed by atoms with Gasteiger partial charge < -0.3 is 4.90 Å². The van der Waals surface area contributed by atoms with E-state index in [0.717, 1.165) is 29.3 Å². The van der Waals surface area contributed by atoms with Crippen LogP contribution in [-0.2, 0) is 10.0 Å². The molecule has 0 unspecified atom stereocenters. The van der Waals surface area contributed by atoms with Gasteiger partial charge in [0, 0.05) is 18.7 Å². The maximum atomic E-state index is 13.4. The van der Waals surface area contributed by atoms with Gasteiger partial charge in [0.05, 0.1) is 21.0 Å². The molecule has 0 spiro atoms. The first-order chi connectivity index (χ1) is 15.1. The minimum Gasteiger partial charge on any atom is -0.366 e. The highest BCUT2D eigenvalue weighted by Crippen LogP contribution is 2.35. The van der Waals surface area contributed by atoms with Gasteiger partial charge >= 0.3 is 0 Å². The lowest BCUT2D eigenvalue weighted by Crippen LogP contribution is -2.37. The number of rotatable bonds is 5. The van der Waals surface area contributed by atoms with Crippen LogP contribution in [0.4, 0.5) is 0 Å². The summed E-state index contributed by atoms with van der Waals surface area (Å²) in [6.45, 7) is 21.7. The Kier molecular flexibility index (Phi) is 8.39. The first kappa shape index (κ1) is 27.3. The topological polar surface area (TPSA) is 74.5 Å². The molecule has 0 N–H and O–H groups in total. The van der Waals surface area contributed by atoms with Gasteiger partial charge in [0.1, 0.15) is 16.5 Å². The maximum Gasteiger partial charge on any atom is 0.282 e. The van der Waals surface area contributed by atoms with Crippen LogP contribution in [0.25, 0.3) is 0 Å². The fraction of sp³-hybridized carbons (Fsp3) is 0.560. The first-order valence-corrected chi connectivity index (χ1v) is 13.6. The molecule has 1 aromatic rings. The van der Waals surface area contributed by atoms with E-state index in [2.05, 4.69) is 23.1 Å². The van der Waals surface area contributed by atoms with Crippen molar-refractivity contribution in [1.82, 2.24) is 4.90 Å². The van der Waals surface area contributed by atoms with Gasteiger partial charge in [0.25, 0.3) is 10.0 Å². The number of benzene rings is 1. The normalized spacial score (nSPS) is 19.6. The molecule has 6 nitrogen and oxygen atoms in total. The molecule has 0 fully saturated rings. The number of thioether (sulfide) groups is 1. The molecule has 2 rings (SSSR count). The van der Waals surface area contributed by atoms with Gasteiger partial charge in [-0.2, -0.15) is 12.8 Å². The molecular weight excluding hydrogens is 452 g/mol. The molecule has 33 heavy (non-hydrogen) atoms. The van der Waals surface area contributed by atoms with E-state index in [9.17, 15) is 8.42 Å². The third-order valence-corrected chi connectivity index (χ3v) is 7.29. The average Bonchev–Trinajstić information content (AvgIpc) is 2.67. The minimum absolute atomic E-state index is 0.167. The summed E-state index contributed by atoms with van der Waals surface area (Å²) in [7, 11) is -3.94. The van der Waals surface area contributed by atoms with E-state index in [0.29, 0.717) is 16.5 Å². The second-order valence-corrected chi connectivity index (χ2v) is 12.7. The Bertz CT molecular complexity index is 1090.